The Bertz CT molecular complexity index is 772. The first-order valence-electron chi connectivity index (χ1n) is 7.86. The quantitative estimate of drug-likeness (QED) is 0.308. The van der Waals surface area contributed by atoms with Gasteiger partial charge in [0.1, 0.15) is 5.75 Å². The van der Waals surface area contributed by atoms with Gasteiger partial charge in [-0.1, -0.05) is 18.2 Å². The van der Waals surface area contributed by atoms with Gasteiger partial charge in [-0.15, -0.1) is 0 Å². The molecule has 1 aliphatic rings. The Kier molecular flexibility index (Phi) is 6.51. The topological polar surface area (TPSA) is 175 Å². The zero-order chi connectivity index (χ0) is 20.5. The molecule has 1 aromatic rings. The number of ether oxygens (including phenoxy) is 2. The lowest BCUT2D eigenvalue weighted by molar-refractivity contribution is -0.0599. The summed E-state index contributed by atoms with van der Waals surface area (Å²) in [5.74, 6) is -0.183. The molecular weight excluding hydrogens is 404 g/mol. The fourth-order valence-electron chi connectivity index (χ4n) is 2.27. The third-order valence-corrected chi connectivity index (χ3v) is 8.29. The highest BCUT2D eigenvalue weighted by atomic mass is 31.2. The van der Waals surface area contributed by atoms with Crippen molar-refractivity contribution in [2.45, 2.75) is 37.7 Å². The molecule has 1 aromatic carbocycles. The van der Waals surface area contributed by atoms with Gasteiger partial charge >= 0.3 is 21.3 Å². The van der Waals surface area contributed by atoms with E-state index in [0.717, 1.165) is 0 Å². The smallest absolute Gasteiger partial charge is 0.431 e. The summed E-state index contributed by atoms with van der Waals surface area (Å²) < 4.78 is 44.5. The van der Waals surface area contributed by atoms with Crippen LogP contribution in [-0.2, 0) is 22.9 Å². The van der Waals surface area contributed by atoms with Crippen molar-refractivity contribution in [2.24, 2.45) is 5.73 Å². The Morgan fingerprint density at radius 2 is 1.81 bits per heavy atom. The number of carbonyl (C=O) groups excluding carboxylic acids is 1. The third-order valence-electron chi connectivity index (χ3n) is 3.56. The van der Waals surface area contributed by atoms with Crippen LogP contribution < -0.4 is 10.5 Å². The highest BCUT2D eigenvalue weighted by molar-refractivity contribution is 7.73. The first-order valence-corrected chi connectivity index (χ1v) is 11.0. The van der Waals surface area contributed by atoms with E-state index in [-0.39, 0.29) is 17.9 Å². The molecule has 2 rings (SSSR count). The first kappa shape index (κ1) is 22.0. The van der Waals surface area contributed by atoms with Crippen molar-refractivity contribution in [3.63, 3.8) is 0 Å². The van der Waals surface area contributed by atoms with Gasteiger partial charge < -0.3 is 30.1 Å². The van der Waals surface area contributed by atoms with E-state index >= 15 is 0 Å². The number of rotatable bonds is 5. The van der Waals surface area contributed by atoms with Crippen LogP contribution in [0.25, 0.3) is 0 Å². The maximum absolute atomic E-state index is 12.4. The lowest BCUT2D eigenvalue weighted by atomic mass is 10.2. The monoisotopic (exact) mass is 425 g/mol. The molecule has 1 aliphatic heterocycles. The van der Waals surface area contributed by atoms with E-state index in [9.17, 15) is 28.8 Å². The summed E-state index contributed by atoms with van der Waals surface area (Å²) in [6.07, 6.45) is -4.10. The van der Waals surface area contributed by atoms with E-state index in [0.29, 0.717) is 0 Å². The minimum atomic E-state index is -5.08. The number of aliphatic hydroxyl groups is 1. The summed E-state index contributed by atoms with van der Waals surface area (Å²) in [7, 11) is -10.2. The normalized spacial score (nSPS) is 33.7. The van der Waals surface area contributed by atoms with Crippen LogP contribution in [0.5, 0.6) is 5.75 Å². The van der Waals surface area contributed by atoms with Crippen LogP contribution in [0, 0.1) is 0 Å². The molecule has 152 valence electrons. The number of para-hydroxylation sites is 1. The summed E-state index contributed by atoms with van der Waals surface area (Å²) in [5.41, 5.74) is 5.12. The second-order valence-electron chi connectivity index (χ2n) is 5.95. The van der Waals surface area contributed by atoms with Crippen molar-refractivity contribution >= 4 is 21.3 Å². The van der Waals surface area contributed by atoms with Crippen molar-refractivity contribution in [3.8, 4) is 5.75 Å². The Labute approximate surface area is 155 Å². The number of nitrogens with two attached hydrogens (primary N) is 1. The standard InChI is InChI=1S/C14H21NO10P2/c1-9(2)22-13(16)23-11-6-4-3-5-10(11)12-24-26(18,19)14(17,7-8-15)27(20,21)25-12/h3-6,9,12,17H,7-8,15H2,1-2H3,(H,18,19)(H,20,21). The second-order valence-corrected chi connectivity index (χ2v) is 10.3. The van der Waals surface area contributed by atoms with Crippen LogP contribution >= 0.6 is 15.2 Å². The molecule has 5 N–H and O–H groups in total. The molecule has 0 amide bonds. The molecule has 0 radical (unpaired) electrons. The highest BCUT2D eigenvalue weighted by Crippen LogP contribution is 2.79. The average molecular weight is 425 g/mol. The van der Waals surface area contributed by atoms with Gasteiger partial charge in [0.2, 0.25) is 6.29 Å². The van der Waals surface area contributed by atoms with Gasteiger partial charge in [0, 0.05) is 6.42 Å². The molecular formula is C14H21NO10P2. The molecule has 1 heterocycles. The van der Waals surface area contributed by atoms with Crippen molar-refractivity contribution in [1.82, 2.24) is 0 Å². The molecule has 0 aliphatic carbocycles. The number of hydrogen-bond donors (Lipinski definition) is 4. The molecule has 27 heavy (non-hydrogen) atoms. The highest BCUT2D eigenvalue weighted by Gasteiger charge is 2.66. The third kappa shape index (κ3) is 4.42. The van der Waals surface area contributed by atoms with Crippen molar-refractivity contribution in [2.75, 3.05) is 6.54 Å². The van der Waals surface area contributed by atoms with Crippen LogP contribution in [0.15, 0.2) is 24.3 Å². The zero-order valence-corrected chi connectivity index (χ0v) is 16.3. The van der Waals surface area contributed by atoms with Crippen LogP contribution in [0.1, 0.15) is 32.1 Å². The fraction of sp³-hybridized carbons (Fsp3) is 0.500. The average Bonchev–Trinajstić information content (AvgIpc) is 2.52. The van der Waals surface area contributed by atoms with Crippen molar-refractivity contribution in [3.05, 3.63) is 29.8 Å². The van der Waals surface area contributed by atoms with E-state index in [2.05, 4.69) is 0 Å². The predicted molar refractivity (Wildman–Crippen MR) is 91.9 cm³/mol. The van der Waals surface area contributed by atoms with E-state index < -0.39 is 45.2 Å². The molecule has 1 saturated heterocycles. The van der Waals surface area contributed by atoms with Crippen LogP contribution in [-0.4, -0.2) is 38.8 Å². The van der Waals surface area contributed by atoms with E-state index in [4.69, 9.17) is 24.3 Å². The summed E-state index contributed by atoms with van der Waals surface area (Å²) in [5, 5.41) is 7.17. The maximum Gasteiger partial charge on any atom is 0.514 e. The summed E-state index contributed by atoms with van der Waals surface area (Å²) >= 11 is 0. The zero-order valence-electron chi connectivity index (χ0n) is 14.5. The molecule has 0 spiro atoms. The van der Waals surface area contributed by atoms with Crippen molar-refractivity contribution < 1.29 is 47.3 Å². The van der Waals surface area contributed by atoms with Crippen molar-refractivity contribution in [1.29, 1.82) is 0 Å². The van der Waals surface area contributed by atoms with E-state index in [1.54, 1.807) is 13.8 Å². The van der Waals surface area contributed by atoms with Gasteiger partial charge in [0.05, 0.1) is 11.7 Å². The molecule has 0 aromatic heterocycles. The minimum Gasteiger partial charge on any atom is -0.431 e. The Morgan fingerprint density at radius 3 is 2.33 bits per heavy atom. The van der Waals surface area contributed by atoms with Crippen LogP contribution in [0.2, 0.25) is 0 Å². The maximum atomic E-state index is 12.4. The predicted octanol–water partition coefficient (Wildman–Crippen LogP) is 2.02. The van der Waals surface area contributed by atoms with E-state index in [1.807, 2.05) is 0 Å². The summed E-state index contributed by atoms with van der Waals surface area (Å²) in [4.78, 5) is 31.8. The molecule has 2 unspecified atom stereocenters. The lowest BCUT2D eigenvalue weighted by Gasteiger charge is -2.41. The van der Waals surface area contributed by atoms with Crippen LogP contribution in [0.3, 0.4) is 0 Å². The summed E-state index contributed by atoms with van der Waals surface area (Å²) in [6, 6.07) is 5.52. The molecule has 2 atom stereocenters. The number of hydrogen-bond acceptors (Lipinski definition) is 9. The SMILES string of the molecule is CC(C)OC(=O)Oc1ccccc1C1OP(=O)(O)C(O)(CCN)P(=O)(O)O1. The molecule has 0 bridgehead atoms. The minimum absolute atomic E-state index is 0.128. The fourth-order valence-corrected chi connectivity index (χ4v) is 5.89. The van der Waals surface area contributed by atoms with E-state index in [1.165, 1.54) is 24.3 Å². The van der Waals surface area contributed by atoms with Crippen LogP contribution in [0.4, 0.5) is 4.79 Å². The Morgan fingerprint density at radius 1 is 1.26 bits per heavy atom. The van der Waals surface area contributed by atoms with Gasteiger partial charge in [-0.05, 0) is 26.5 Å². The first-order chi connectivity index (χ1) is 12.4. The van der Waals surface area contributed by atoms with Gasteiger partial charge in [-0.2, -0.15) is 0 Å². The Balaban J connectivity index is 2.37. The molecule has 0 saturated carbocycles. The van der Waals surface area contributed by atoms with Gasteiger partial charge in [-0.3, -0.25) is 18.2 Å². The van der Waals surface area contributed by atoms with Gasteiger partial charge in [-0.25, -0.2) is 4.79 Å². The van der Waals surface area contributed by atoms with Gasteiger partial charge in [0.25, 0.3) is 5.08 Å². The lowest BCUT2D eigenvalue weighted by Crippen LogP contribution is -2.37. The molecule has 11 nitrogen and oxygen atoms in total. The van der Waals surface area contributed by atoms with Gasteiger partial charge in [0.15, 0.2) is 0 Å². The molecule has 13 heteroatoms. The number of carbonyl (C=O) groups is 1. The Hall–Kier alpha value is -1.29. The largest absolute Gasteiger partial charge is 0.514 e. The number of benzene rings is 1. The summed E-state index contributed by atoms with van der Waals surface area (Å²) in [6.45, 7) is 2.83. The second kappa shape index (κ2) is 7.98. The molecule has 1 fully saturated rings.